The number of anilines is 3. The summed E-state index contributed by atoms with van der Waals surface area (Å²) in [5, 5.41) is 6.11. The van der Waals surface area contributed by atoms with E-state index in [0.29, 0.717) is 12.3 Å². The largest absolute Gasteiger partial charge is 0.368 e. The van der Waals surface area contributed by atoms with Crippen molar-refractivity contribution in [1.82, 2.24) is 4.98 Å². The van der Waals surface area contributed by atoms with Crippen LogP contribution in [0.4, 0.5) is 17.2 Å². The first-order valence-electron chi connectivity index (χ1n) is 7.84. The number of pyridine rings is 1. The van der Waals surface area contributed by atoms with Gasteiger partial charge in [-0.1, -0.05) is 6.07 Å². The van der Waals surface area contributed by atoms with Gasteiger partial charge in [-0.05, 0) is 62.1 Å². The molecule has 5 heteroatoms. The summed E-state index contributed by atoms with van der Waals surface area (Å²) < 4.78 is 5.37. The maximum Gasteiger partial charge on any atom is 0.253 e. The SMILES string of the molecule is Cc1cc(C)cc(Nc2ccc(NC(=O)C3CCCO3)cn2)c1. The molecule has 23 heavy (non-hydrogen) atoms. The van der Waals surface area contributed by atoms with E-state index in [9.17, 15) is 4.79 Å². The summed E-state index contributed by atoms with van der Waals surface area (Å²) in [4.78, 5) is 16.3. The molecule has 1 saturated heterocycles. The summed E-state index contributed by atoms with van der Waals surface area (Å²) in [6.45, 7) is 4.79. The molecular formula is C18H21N3O2. The molecule has 0 aliphatic carbocycles. The molecule has 3 rings (SSSR count). The second-order valence-electron chi connectivity index (χ2n) is 5.92. The standard InChI is InChI=1S/C18H21N3O2/c1-12-8-13(2)10-15(9-12)20-17-6-5-14(11-19-17)21-18(22)16-4-3-7-23-16/h5-6,8-11,16H,3-4,7H2,1-2H3,(H,19,20)(H,21,22). The number of nitrogens with one attached hydrogen (secondary N) is 2. The van der Waals surface area contributed by atoms with Crippen LogP contribution in [0.3, 0.4) is 0 Å². The first kappa shape index (κ1) is 15.5. The van der Waals surface area contributed by atoms with E-state index in [1.54, 1.807) is 6.20 Å². The van der Waals surface area contributed by atoms with E-state index < -0.39 is 0 Å². The van der Waals surface area contributed by atoms with Gasteiger partial charge in [0, 0.05) is 12.3 Å². The number of aromatic nitrogens is 1. The lowest BCUT2D eigenvalue weighted by molar-refractivity contribution is -0.124. The smallest absolute Gasteiger partial charge is 0.253 e. The molecule has 0 radical (unpaired) electrons. The third-order valence-corrected chi connectivity index (χ3v) is 3.75. The molecule has 1 aromatic heterocycles. The number of ether oxygens (including phenoxy) is 1. The molecule has 2 N–H and O–H groups in total. The van der Waals surface area contributed by atoms with Crippen molar-refractivity contribution >= 4 is 23.1 Å². The normalized spacial score (nSPS) is 17.0. The lowest BCUT2D eigenvalue weighted by atomic mass is 10.1. The van der Waals surface area contributed by atoms with Crippen LogP contribution in [-0.2, 0) is 9.53 Å². The molecule has 0 saturated carbocycles. The number of carbonyl (C=O) groups is 1. The Bertz CT molecular complexity index is 672. The molecule has 1 aliphatic heterocycles. The fourth-order valence-corrected chi connectivity index (χ4v) is 2.74. The molecule has 1 amide bonds. The van der Waals surface area contributed by atoms with Crippen LogP contribution < -0.4 is 10.6 Å². The second kappa shape index (κ2) is 6.79. The Morgan fingerprint density at radius 1 is 1.17 bits per heavy atom. The van der Waals surface area contributed by atoms with Crippen molar-refractivity contribution in [3.63, 3.8) is 0 Å². The number of rotatable bonds is 4. The Kier molecular flexibility index (Phi) is 4.57. The van der Waals surface area contributed by atoms with Gasteiger partial charge in [-0.25, -0.2) is 4.98 Å². The van der Waals surface area contributed by atoms with Crippen molar-refractivity contribution < 1.29 is 9.53 Å². The molecule has 1 aliphatic rings. The van der Waals surface area contributed by atoms with Crippen LogP contribution in [0, 0.1) is 13.8 Å². The van der Waals surface area contributed by atoms with E-state index in [0.717, 1.165) is 24.3 Å². The van der Waals surface area contributed by atoms with E-state index in [1.165, 1.54) is 11.1 Å². The number of hydrogen-bond acceptors (Lipinski definition) is 4. The number of nitrogens with zero attached hydrogens (tertiary/aromatic N) is 1. The zero-order valence-electron chi connectivity index (χ0n) is 13.4. The van der Waals surface area contributed by atoms with E-state index >= 15 is 0 Å². The highest BCUT2D eigenvalue weighted by Gasteiger charge is 2.23. The van der Waals surface area contributed by atoms with Crippen molar-refractivity contribution in [2.24, 2.45) is 0 Å². The Morgan fingerprint density at radius 2 is 1.96 bits per heavy atom. The number of benzene rings is 1. The van der Waals surface area contributed by atoms with Gasteiger partial charge in [0.1, 0.15) is 11.9 Å². The average Bonchev–Trinajstić information content (AvgIpc) is 3.02. The number of amides is 1. The zero-order valence-corrected chi connectivity index (χ0v) is 13.4. The van der Waals surface area contributed by atoms with Gasteiger partial charge in [-0.3, -0.25) is 4.79 Å². The van der Waals surface area contributed by atoms with Gasteiger partial charge in [0.15, 0.2) is 0 Å². The van der Waals surface area contributed by atoms with Crippen molar-refractivity contribution in [2.45, 2.75) is 32.8 Å². The average molecular weight is 311 g/mol. The van der Waals surface area contributed by atoms with Gasteiger partial charge in [-0.2, -0.15) is 0 Å². The van der Waals surface area contributed by atoms with Gasteiger partial charge >= 0.3 is 0 Å². The Hall–Kier alpha value is -2.40. The topological polar surface area (TPSA) is 63.2 Å². The van der Waals surface area contributed by atoms with E-state index in [1.807, 2.05) is 12.1 Å². The molecule has 2 heterocycles. The van der Waals surface area contributed by atoms with Gasteiger partial charge in [0.2, 0.25) is 0 Å². The first-order valence-corrected chi connectivity index (χ1v) is 7.84. The molecule has 0 bridgehead atoms. The molecule has 2 aromatic rings. The maximum absolute atomic E-state index is 12.0. The molecular weight excluding hydrogens is 290 g/mol. The summed E-state index contributed by atoms with van der Waals surface area (Å²) in [5.74, 6) is 0.643. The van der Waals surface area contributed by atoms with Gasteiger partial charge in [0.25, 0.3) is 5.91 Å². The minimum Gasteiger partial charge on any atom is -0.368 e. The lowest BCUT2D eigenvalue weighted by Gasteiger charge is -2.11. The van der Waals surface area contributed by atoms with Gasteiger partial charge < -0.3 is 15.4 Å². The van der Waals surface area contributed by atoms with Crippen LogP contribution in [0.1, 0.15) is 24.0 Å². The van der Waals surface area contributed by atoms with E-state index in [-0.39, 0.29) is 12.0 Å². The minimum absolute atomic E-state index is 0.0979. The highest BCUT2D eigenvalue weighted by Crippen LogP contribution is 2.20. The second-order valence-corrected chi connectivity index (χ2v) is 5.92. The minimum atomic E-state index is -0.330. The van der Waals surface area contributed by atoms with E-state index in [2.05, 4.69) is 47.7 Å². The molecule has 1 fully saturated rings. The van der Waals surface area contributed by atoms with Crippen molar-refractivity contribution in [2.75, 3.05) is 17.2 Å². The first-order chi connectivity index (χ1) is 11.1. The number of hydrogen-bond donors (Lipinski definition) is 2. The Morgan fingerprint density at radius 3 is 2.57 bits per heavy atom. The summed E-state index contributed by atoms with van der Waals surface area (Å²) >= 11 is 0. The number of carbonyl (C=O) groups excluding carboxylic acids is 1. The third kappa shape index (κ3) is 4.07. The summed E-state index contributed by atoms with van der Waals surface area (Å²) in [5.41, 5.74) is 4.09. The van der Waals surface area contributed by atoms with E-state index in [4.69, 9.17) is 4.74 Å². The molecule has 1 aromatic carbocycles. The lowest BCUT2D eigenvalue weighted by Crippen LogP contribution is -2.26. The fourth-order valence-electron chi connectivity index (χ4n) is 2.74. The van der Waals surface area contributed by atoms with Crippen molar-refractivity contribution in [3.05, 3.63) is 47.7 Å². The van der Waals surface area contributed by atoms with Crippen LogP contribution >= 0.6 is 0 Å². The summed E-state index contributed by atoms with van der Waals surface area (Å²) in [6, 6.07) is 9.96. The molecule has 1 unspecified atom stereocenters. The third-order valence-electron chi connectivity index (χ3n) is 3.75. The van der Waals surface area contributed by atoms with Crippen LogP contribution in [0.2, 0.25) is 0 Å². The molecule has 0 spiro atoms. The van der Waals surface area contributed by atoms with Crippen LogP contribution in [0.25, 0.3) is 0 Å². The zero-order chi connectivity index (χ0) is 16.2. The van der Waals surface area contributed by atoms with Crippen LogP contribution in [0.5, 0.6) is 0 Å². The predicted molar refractivity (Wildman–Crippen MR) is 91.0 cm³/mol. The van der Waals surface area contributed by atoms with Crippen molar-refractivity contribution in [3.8, 4) is 0 Å². The highest BCUT2D eigenvalue weighted by molar-refractivity contribution is 5.94. The molecule has 120 valence electrons. The number of aryl methyl sites for hydroxylation is 2. The Labute approximate surface area is 136 Å². The maximum atomic E-state index is 12.0. The highest BCUT2D eigenvalue weighted by atomic mass is 16.5. The molecule has 5 nitrogen and oxygen atoms in total. The van der Waals surface area contributed by atoms with Crippen molar-refractivity contribution in [1.29, 1.82) is 0 Å². The predicted octanol–water partition coefficient (Wildman–Crippen LogP) is 3.56. The van der Waals surface area contributed by atoms with Gasteiger partial charge in [-0.15, -0.1) is 0 Å². The monoisotopic (exact) mass is 311 g/mol. The Balaban J connectivity index is 1.63. The van der Waals surface area contributed by atoms with Crippen LogP contribution in [-0.4, -0.2) is 23.6 Å². The van der Waals surface area contributed by atoms with Crippen LogP contribution in [0.15, 0.2) is 36.5 Å². The fraction of sp³-hybridized carbons (Fsp3) is 0.333. The van der Waals surface area contributed by atoms with Gasteiger partial charge in [0.05, 0.1) is 11.9 Å². The molecule has 1 atom stereocenters. The summed E-state index contributed by atoms with van der Waals surface area (Å²) in [7, 11) is 0. The summed E-state index contributed by atoms with van der Waals surface area (Å²) in [6.07, 6.45) is 3.04. The quantitative estimate of drug-likeness (QED) is 0.906.